The number of hydrogen-bond donors (Lipinski definition) is 4. The molecule has 132 valence electrons. The van der Waals surface area contributed by atoms with Crippen molar-refractivity contribution in [2.24, 2.45) is 0 Å². The molecule has 1 aromatic heterocycles. The molecule has 11 nitrogen and oxygen atoms in total. The topological polar surface area (TPSA) is 156 Å². The van der Waals surface area contributed by atoms with Gasteiger partial charge < -0.3 is 20.2 Å². The number of benzene rings is 1. The number of imidazole rings is 1. The van der Waals surface area contributed by atoms with Crippen molar-refractivity contribution in [1.82, 2.24) is 19.2 Å². The lowest BCUT2D eigenvalue weighted by atomic mass is 10.0. The Balaban J connectivity index is 1.52. The summed E-state index contributed by atoms with van der Waals surface area (Å²) >= 11 is 0. The van der Waals surface area contributed by atoms with Gasteiger partial charge in [-0.25, -0.2) is 13.9 Å². The van der Waals surface area contributed by atoms with E-state index in [0.717, 1.165) is 0 Å². The molecule has 4 rings (SSSR count). The fourth-order valence-corrected chi connectivity index (χ4v) is 4.25. The van der Waals surface area contributed by atoms with E-state index in [4.69, 9.17) is 4.55 Å². The van der Waals surface area contributed by atoms with E-state index in [1.165, 1.54) is 4.90 Å². The number of amides is 3. The summed E-state index contributed by atoms with van der Waals surface area (Å²) in [6, 6.07) is 2.56. The molecule has 4 N–H and O–H groups in total. The van der Waals surface area contributed by atoms with Crippen LogP contribution in [0, 0.1) is 0 Å². The van der Waals surface area contributed by atoms with Crippen LogP contribution < -0.4 is 11.0 Å². The standard InChI is InChI=1S/C13H13N5O6S/c19-11-10-9(18(11)25(22,23)24)3-4-17(10)13(21)14-6-1-2-7-8(5-6)16-12(20)15-7/h1-2,5,9-10H,3-4H2,(H,14,21)(H2,15,16,20)(H,22,23,24). The zero-order valence-electron chi connectivity index (χ0n) is 12.6. The van der Waals surface area contributed by atoms with E-state index in [0.29, 0.717) is 21.0 Å². The van der Waals surface area contributed by atoms with Crippen LogP contribution in [0.1, 0.15) is 6.42 Å². The van der Waals surface area contributed by atoms with Crippen LogP contribution >= 0.6 is 0 Å². The molecule has 0 aliphatic carbocycles. The summed E-state index contributed by atoms with van der Waals surface area (Å²) < 4.78 is 31.8. The zero-order valence-corrected chi connectivity index (χ0v) is 13.4. The summed E-state index contributed by atoms with van der Waals surface area (Å²) in [5.74, 6) is -0.828. The minimum absolute atomic E-state index is 0.183. The van der Waals surface area contributed by atoms with Crippen molar-refractivity contribution in [3.63, 3.8) is 0 Å². The van der Waals surface area contributed by atoms with Gasteiger partial charge >= 0.3 is 22.0 Å². The molecule has 0 spiro atoms. The molecule has 0 saturated carbocycles. The summed E-state index contributed by atoms with van der Waals surface area (Å²) in [5, 5.41) is 2.61. The molecule has 2 unspecified atom stereocenters. The van der Waals surface area contributed by atoms with Crippen molar-refractivity contribution in [3.8, 4) is 0 Å². The van der Waals surface area contributed by atoms with Gasteiger partial charge in [-0.1, -0.05) is 0 Å². The summed E-state index contributed by atoms with van der Waals surface area (Å²) in [6.45, 7) is 0.183. The van der Waals surface area contributed by atoms with E-state index in [1.807, 2.05) is 0 Å². The Bertz CT molecular complexity index is 1060. The first-order valence-electron chi connectivity index (χ1n) is 7.36. The van der Waals surface area contributed by atoms with Gasteiger partial charge in [-0.2, -0.15) is 8.42 Å². The van der Waals surface area contributed by atoms with Gasteiger partial charge in [0, 0.05) is 12.2 Å². The fourth-order valence-electron chi connectivity index (χ4n) is 3.35. The van der Waals surface area contributed by atoms with Crippen LogP contribution in [-0.2, 0) is 15.1 Å². The van der Waals surface area contributed by atoms with E-state index in [2.05, 4.69) is 15.3 Å². The summed E-state index contributed by atoms with van der Waals surface area (Å²) in [6.07, 6.45) is 0.258. The molecule has 0 radical (unpaired) electrons. The number of carbonyl (C=O) groups excluding carboxylic acids is 2. The number of likely N-dealkylation sites (tertiary alicyclic amines) is 1. The van der Waals surface area contributed by atoms with E-state index in [9.17, 15) is 22.8 Å². The van der Waals surface area contributed by atoms with Gasteiger partial charge in [0.25, 0.3) is 5.91 Å². The summed E-state index contributed by atoms with van der Waals surface area (Å²) in [7, 11) is -4.61. The van der Waals surface area contributed by atoms with E-state index in [-0.39, 0.29) is 18.7 Å². The lowest BCUT2D eigenvalue weighted by Crippen LogP contribution is -2.68. The Labute approximate surface area is 140 Å². The third kappa shape index (κ3) is 2.37. The zero-order chi connectivity index (χ0) is 17.9. The highest BCUT2D eigenvalue weighted by Crippen LogP contribution is 2.35. The first kappa shape index (κ1) is 15.7. The minimum atomic E-state index is -4.61. The van der Waals surface area contributed by atoms with Crippen LogP contribution in [0.5, 0.6) is 0 Å². The van der Waals surface area contributed by atoms with E-state index >= 15 is 0 Å². The highest BCUT2D eigenvalue weighted by atomic mass is 32.2. The molecule has 3 heterocycles. The van der Waals surface area contributed by atoms with Gasteiger partial charge in [0.1, 0.15) is 6.04 Å². The van der Waals surface area contributed by atoms with Crippen LogP contribution in [-0.4, -0.2) is 62.7 Å². The summed E-state index contributed by atoms with van der Waals surface area (Å²) in [4.78, 5) is 42.0. The van der Waals surface area contributed by atoms with Gasteiger partial charge in [0.15, 0.2) is 0 Å². The maximum atomic E-state index is 12.4. The molecule has 3 amide bonds. The number of urea groups is 1. The molecule has 1 aromatic carbocycles. The molecule has 2 saturated heterocycles. The van der Waals surface area contributed by atoms with Gasteiger partial charge in [0.05, 0.1) is 17.1 Å². The van der Waals surface area contributed by atoms with Crippen molar-refractivity contribution in [3.05, 3.63) is 28.7 Å². The van der Waals surface area contributed by atoms with Gasteiger partial charge in [-0.05, 0) is 24.6 Å². The van der Waals surface area contributed by atoms with Crippen LogP contribution in [0.25, 0.3) is 11.0 Å². The molecule has 2 fully saturated rings. The lowest BCUT2D eigenvalue weighted by Gasteiger charge is -2.42. The average molecular weight is 367 g/mol. The van der Waals surface area contributed by atoms with Crippen molar-refractivity contribution in [2.45, 2.75) is 18.5 Å². The third-order valence-corrected chi connectivity index (χ3v) is 5.36. The molecule has 2 atom stereocenters. The molecule has 2 aromatic rings. The number of H-pyrrole nitrogens is 2. The number of nitrogens with zero attached hydrogens (tertiary/aromatic N) is 2. The highest BCUT2D eigenvalue weighted by Gasteiger charge is 2.60. The van der Waals surface area contributed by atoms with E-state index < -0.39 is 34.3 Å². The number of fused-ring (bicyclic) bond motifs is 2. The Morgan fingerprint density at radius 1 is 1.24 bits per heavy atom. The number of aromatic amines is 2. The lowest BCUT2D eigenvalue weighted by molar-refractivity contribution is -0.143. The van der Waals surface area contributed by atoms with Crippen LogP contribution in [0.3, 0.4) is 0 Å². The first-order valence-corrected chi connectivity index (χ1v) is 8.76. The average Bonchev–Trinajstić information content (AvgIpc) is 3.04. The number of carbonyl (C=O) groups is 2. The maximum Gasteiger partial charge on any atom is 0.362 e. The smallest absolute Gasteiger partial charge is 0.310 e. The van der Waals surface area contributed by atoms with Crippen LogP contribution in [0.4, 0.5) is 10.5 Å². The van der Waals surface area contributed by atoms with Crippen LogP contribution in [0.15, 0.2) is 23.0 Å². The molecule has 2 aliphatic heterocycles. The Kier molecular flexibility index (Phi) is 3.17. The summed E-state index contributed by atoms with van der Waals surface area (Å²) in [5.41, 5.74) is 1.14. The van der Waals surface area contributed by atoms with Crippen molar-refractivity contribution >= 4 is 39.0 Å². The quantitative estimate of drug-likeness (QED) is 0.413. The molecule has 0 bridgehead atoms. The number of nitrogens with one attached hydrogen (secondary N) is 3. The normalized spacial score (nSPS) is 22.8. The number of β-lactam (4-membered cyclic amide) rings is 1. The largest absolute Gasteiger partial charge is 0.362 e. The van der Waals surface area contributed by atoms with Crippen LogP contribution in [0.2, 0.25) is 0 Å². The fraction of sp³-hybridized carbons (Fsp3) is 0.308. The predicted octanol–water partition coefficient (Wildman–Crippen LogP) is -0.524. The monoisotopic (exact) mass is 367 g/mol. The second-order valence-electron chi connectivity index (χ2n) is 5.88. The second kappa shape index (κ2) is 5.07. The van der Waals surface area contributed by atoms with Gasteiger partial charge in [0.2, 0.25) is 0 Å². The van der Waals surface area contributed by atoms with Gasteiger partial charge in [-0.15, -0.1) is 0 Å². The van der Waals surface area contributed by atoms with Crippen molar-refractivity contribution in [1.29, 1.82) is 0 Å². The number of rotatable bonds is 2. The molecule has 12 heteroatoms. The third-order valence-electron chi connectivity index (χ3n) is 4.41. The first-order chi connectivity index (χ1) is 11.8. The Morgan fingerprint density at radius 3 is 2.68 bits per heavy atom. The number of anilines is 1. The molecular formula is C13H13N5O6S. The Hall–Kier alpha value is -2.86. The maximum absolute atomic E-state index is 12.4. The molecule has 25 heavy (non-hydrogen) atoms. The highest BCUT2D eigenvalue weighted by molar-refractivity contribution is 7.84. The molecular weight excluding hydrogens is 354 g/mol. The minimum Gasteiger partial charge on any atom is -0.310 e. The SMILES string of the molecule is O=C(Nc1ccc2[nH]c(=O)[nH]c2c1)N1CCC2C1C(=O)N2S(=O)(=O)O. The van der Waals surface area contributed by atoms with Gasteiger partial charge in [-0.3, -0.25) is 9.35 Å². The molecule has 2 aliphatic rings. The number of aromatic nitrogens is 2. The second-order valence-corrected chi connectivity index (χ2v) is 7.16. The van der Waals surface area contributed by atoms with Crippen molar-refractivity contribution < 1.29 is 22.6 Å². The Morgan fingerprint density at radius 2 is 1.96 bits per heavy atom. The van der Waals surface area contributed by atoms with E-state index in [1.54, 1.807) is 18.2 Å². The van der Waals surface area contributed by atoms with Crippen molar-refractivity contribution in [2.75, 3.05) is 11.9 Å². The number of hydrogen-bond acceptors (Lipinski definition) is 5. The predicted molar refractivity (Wildman–Crippen MR) is 85.2 cm³/mol.